The Morgan fingerprint density at radius 1 is 0.387 bits per heavy atom. The lowest BCUT2D eigenvalue weighted by atomic mass is 10.0. The first-order valence-corrected chi connectivity index (χ1v) is 28.3. The fourth-order valence-corrected chi connectivity index (χ4v) is 9.05. The molecule has 0 aromatic heterocycles. The number of carbonyl (C=O) groups excluding carboxylic acids is 2. The van der Waals surface area contributed by atoms with Gasteiger partial charge in [-0.3, -0.25) is 9.59 Å². The van der Waals surface area contributed by atoms with Crippen molar-refractivity contribution in [1.82, 2.24) is 5.32 Å². The summed E-state index contributed by atoms with van der Waals surface area (Å²) < 4.78 is 5.47. The van der Waals surface area contributed by atoms with Crippen LogP contribution in [0.25, 0.3) is 0 Å². The van der Waals surface area contributed by atoms with E-state index in [-0.39, 0.29) is 18.5 Å². The first-order valence-electron chi connectivity index (χ1n) is 28.3. The molecule has 3 N–H and O–H groups in total. The molecule has 2 atom stereocenters. The second kappa shape index (κ2) is 52.5. The van der Waals surface area contributed by atoms with Gasteiger partial charge in [-0.1, -0.05) is 284 Å². The predicted molar refractivity (Wildman–Crippen MR) is 269 cm³/mol. The van der Waals surface area contributed by atoms with Crippen molar-refractivity contribution in [3.05, 3.63) is 0 Å². The van der Waals surface area contributed by atoms with E-state index in [1.807, 2.05) is 0 Å². The molecule has 2 unspecified atom stereocenters. The van der Waals surface area contributed by atoms with E-state index in [4.69, 9.17) is 4.74 Å². The topological polar surface area (TPSA) is 95.9 Å². The van der Waals surface area contributed by atoms with E-state index in [0.717, 1.165) is 57.8 Å². The van der Waals surface area contributed by atoms with Crippen molar-refractivity contribution in [1.29, 1.82) is 0 Å². The highest BCUT2D eigenvalue weighted by Crippen LogP contribution is 2.18. The van der Waals surface area contributed by atoms with E-state index in [1.54, 1.807) is 0 Å². The van der Waals surface area contributed by atoms with Gasteiger partial charge in [0.05, 0.1) is 25.4 Å². The lowest BCUT2D eigenvalue weighted by Crippen LogP contribution is -2.45. The number of unbranched alkanes of at least 4 members (excludes halogenated alkanes) is 42. The van der Waals surface area contributed by atoms with Crippen LogP contribution in [0.15, 0.2) is 0 Å². The average Bonchev–Trinajstić information content (AvgIpc) is 3.27. The van der Waals surface area contributed by atoms with Crippen LogP contribution in [0.1, 0.15) is 322 Å². The number of carbonyl (C=O) groups is 2. The van der Waals surface area contributed by atoms with Crippen molar-refractivity contribution in [2.24, 2.45) is 0 Å². The highest BCUT2D eigenvalue weighted by Gasteiger charge is 2.20. The lowest BCUT2D eigenvalue weighted by molar-refractivity contribution is -0.143. The highest BCUT2D eigenvalue weighted by molar-refractivity contribution is 5.76. The molecule has 0 bridgehead atoms. The molecule has 0 rings (SSSR count). The van der Waals surface area contributed by atoms with Crippen molar-refractivity contribution >= 4 is 11.9 Å². The van der Waals surface area contributed by atoms with Crippen LogP contribution < -0.4 is 5.32 Å². The number of aliphatic hydroxyl groups excluding tert-OH is 2. The van der Waals surface area contributed by atoms with Crippen LogP contribution in [0, 0.1) is 0 Å². The minimum Gasteiger partial charge on any atom is -0.466 e. The molecule has 0 aliphatic rings. The number of amides is 1. The summed E-state index contributed by atoms with van der Waals surface area (Å²) in [5.74, 6) is -0.0777. The molecule has 0 heterocycles. The van der Waals surface area contributed by atoms with Gasteiger partial charge >= 0.3 is 5.97 Å². The number of ether oxygens (including phenoxy) is 1. The van der Waals surface area contributed by atoms with E-state index in [1.165, 1.54) is 231 Å². The number of esters is 1. The summed E-state index contributed by atoms with van der Waals surface area (Å²) in [6.07, 6.45) is 59.4. The Labute approximate surface area is 387 Å². The zero-order valence-electron chi connectivity index (χ0n) is 42.1. The Balaban J connectivity index is 3.44. The van der Waals surface area contributed by atoms with Crippen LogP contribution in [-0.2, 0) is 14.3 Å². The van der Waals surface area contributed by atoms with Crippen molar-refractivity contribution in [2.45, 2.75) is 334 Å². The Morgan fingerprint density at radius 2 is 0.661 bits per heavy atom. The van der Waals surface area contributed by atoms with E-state index in [9.17, 15) is 19.8 Å². The first kappa shape index (κ1) is 60.9. The quantitative estimate of drug-likeness (QED) is 0.0418. The summed E-state index contributed by atoms with van der Waals surface area (Å²) in [5.41, 5.74) is 0. The standard InChI is InChI=1S/C56H111NO5/c1-3-5-7-9-11-13-15-17-19-21-23-25-27-29-32-36-40-44-48-54(59)53(52-58)57-55(60)49-45-41-37-33-31-35-39-43-47-51-62-56(61)50-46-42-38-34-30-28-26-24-22-20-18-16-14-12-10-8-6-4-2/h53-54,58-59H,3-52H2,1-2H3,(H,57,60). The first-order chi connectivity index (χ1) is 30.5. The van der Waals surface area contributed by atoms with Gasteiger partial charge in [-0.15, -0.1) is 0 Å². The second-order valence-corrected chi connectivity index (χ2v) is 19.6. The third-order valence-electron chi connectivity index (χ3n) is 13.4. The van der Waals surface area contributed by atoms with Gasteiger partial charge in [0.2, 0.25) is 5.91 Å². The molecular formula is C56H111NO5. The molecule has 1 amide bonds. The SMILES string of the molecule is CCCCCCCCCCCCCCCCCCCCC(=O)OCCCCCCCCCCCC(=O)NC(CO)C(O)CCCCCCCCCCCCCCCCCCCC. The summed E-state index contributed by atoms with van der Waals surface area (Å²) in [4.78, 5) is 24.6. The zero-order chi connectivity index (χ0) is 45.1. The normalized spacial score (nSPS) is 12.5. The van der Waals surface area contributed by atoms with E-state index < -0.39 is 12.1 Å². The monoisotopic (exact) mass is 878 g/mol. The van der Waals surface area contributed by atoms with Gasteiger partial charge in [0, 0.05) is 12.8 Å². The number of hydrogen-bond acceptors (Lipinski definition) is 5. The third kappa shape index (κ3) is 48.3. The minimum atomic E-state index is -0.680. The molecule has 0 radical (unpaired) electrons. The van der Waals surface area contributed by atoms with Crippen molar-refractivity contribution in [2.75, 3.05) is 13.2 Å². The molecular weight excluding hydrogens is 767 g/mol. The molecule has 0 aromatic carbocycles. The van der Waals surface area contributed by atoms with Crippen LogP contribution in [0.5, 0.6) is 0 Å². The van der Waals surface area contributed by atoms with Gasteiger partial charge in [0.1, 0.15) is 0 Å². The molecule has 0 spiro atoms. The maximum absolute atomic E-state index is 12.5. The molecule has 6 nitrogen and oxygen atoms in total. The van der Waals surface area contributed by atoms with Crippen LogP contribution >= 0.6 is 0 Å². The Bertz CT molecular complexity index is 882. The van der Waals surface area contributed by atoms with E-state index in [2.05, 4.69) is 19.2 Å². The fourth-order valence-electron chi connectivity index (χ4n) is 9.05. The highest BCUT2D eigenvalue weighted by atomic mass is 16.5. The van der Waals surface area contributed by atoms with Crippen LogP contribution in [-0.4, -0.2) is 47.4 Å². The molecule has 0 aliphatic heterocycles. The summed E-state index contributed by atoms with van der Waals surface area (Å²) in [6.45, 7) is 4.92. The van der Waals surface area contributed by atoms with Crippen molar-refractivity contribution < 1.29 is 24.5 Å². The molecule has 0 saturated heterocycles. The molecule has 0 aromatic rings. The predicted octanol–water partition coefficient (Wildman–Crippen LogP) is 17.1. The van der Waals surface area contributed by atoms with Crippen LogP contribution in [0.3, 0.4) is 0 Å². The molecule has 0 fully saturated rings. The lowest BCUT2D eigenvalue weighted by Gasteiger charge is -2.22. The Kier molecular flexibility index (Phi) is 51.5. The smallest absolute Gasteiger partial charge is 0.305 e. The van der Waals surface area contributed by atoms with Crippen LogP contribution in [0.4, 0.5) is 0 Å². The molecule has 62 heavy (non-hydrogen) atoms. The van der Waals surface area contributed by atoms with Gasteiger partial charge in [-0.2, -0.15) is 0 Å². The summed E-state index contributed by atoms with van der Waals surface area (Å²) in [7, 11) is 0. The largest absolute Gasteiger partial charge is 0.466 e. The zero-order valence-corrected chi connectivity index (χ0v) is 42.1. The van der Waals surface area contributed by atoms with Gasteiger partial charge < -0.3 is 20.3 Å². The summed E-state index contributed by atoms with van der Waals surface area (Å²) in [6, 6.07) is -0.560. The van der Waals surface area contributed by atoms with Gasteiger partial charge in [-0.25, -0.2) is 0 Å². The van der Waals surface area contributed by atoms with Gasteiger partial charge in [0.15, 0.2) is 0 Å². The Hall–Kier alpha value is -1.14. The fraction of sp³-hybridized carbons (Fsp3) is 0.964. The van der Waals surface area contributed by atoms with Crippen molar-refractivity contribution in [3.8, 4) is 0 Å². The Morgan fingerprint density at radius 3 is 0.984 bits per heavy atom. The van der Waals surface area contributed by atoms with Crippen LogP contribution in [0.2, 0.25) is 0 Å². The summed E-state index contributed by atoms with van der Waals surface area (Å²) >= 11 is 0. The van der Waals surface area contributed by atoms with Gasteiger partial charge in [-0.05, 0) is 25.7 Å². The average molecular weight is 879 g/mol. The molecule has 370 valence electrons. The summed E-state index contributed by atoms with van der Waals surface area (Å²) in [5, 5.41) is 23.3. The molecule has 0 aliphatic carbocycles. The number of aliphatic hydroxyl groups is 2. The molecule has 6 heteroatoms. The third-order valence-corrected chi connectivity index (χ3v) is 13.4. The van der Waals surface area contributed by atoms with Crippen molar-refractivity contribution in [3.63, 3.8) is 0 Å². The van der Waals surface area contributed by atoms with E-state index in [0.29, 0.717) is 25.9 Å². The van der Waals surface area contributed by atoms with E-state index >= 15 is 0 Å². The number of nitrogens with one attached hydrogen (secondary N) is 1. The maximum Gasteiger partial charge on any atom is 0.305 e. The second-order valence-electron chi connectivity index (χ2n) is 19.6. The number of rotatable bonds is 53. The molecule has 0 saturated carbocycles. The number of hydrogen-bond donors (Lipinski definition) is 3. The van der Waals surface area contributed by atoms with Gasteiger partial charge in [0.25, 0.3) is 0 Å². The maximum atomic E-state index is 12.5. The minimum absolute atomic E-state index is 0.0193.